The Labute approximate surface area is 73.0 Å². The fraction of sp³-hybridized carbons (Fsp3) is 0.286. The Morgan fingerprint density at radius 3 is 2.69 bits per heavy atom. The number of hydrogen-bond donors (Lipinski definition) is 3. The zero-order valence-electron chi connectivity index (χ0n) is 6.96. The van der Waals surface area contributed by atoms with Gasteiger partial charge in [-0.25, -0.2) is 4.79 Å². The van der Waals surface area contributed by atoms with Gasteiger partial charge in [0, 0.05) is 6.20 Å². The summed E-state index contributed by atoms with van der Waals surface area (Å²) in [5.74, 6) is 0. The fourth-order valence-corrected chi connectivity index (χ4v) is 0.948. The van der Waals surface area contributed by atoms with Crippen molar-refractivity contribution in [1.82, 2.24) is 15.3 Å². The van der Waals surface area contributed by atoms with Crippen molar-refractivity contribution in [1.29, 1.82) is 0 Å². The first-order chi connectivity index (χ1) is 6.19. The van der Waals surface area contributed by atoms with Gasteiger partial charge in [0.1, 0.15) is 6.29 Å². The maximum Gasteiger partial charge on any atom is 0.325 e. The summed E-state index contributed by atoms with van der Waals surface area (Å²) in [6, 6.07) is -0.694. The Bertz CT molecular complexity index is 406. The lowest BCUT2D eigenvalue weighted by atomic mass is 10.2. The van der Waals surface area contributed by atoms with E-state index >= 15 is 0 Å². The van der Waals surface area contributed by atoms with E-state index in [-0.39, 0.29) is 5.56 Å². The molecule has 0 radical (unpaired) electrons. The van der Waals surface area contributed by atoms with E-state index in [4.69, 9.17) is 0 Å². The van der Waals surface area contributed by atoms with Crippen molar-refractivity contribution in [3.8, 4) is 0 Å². The number of hydrogen-bond acceptors (Lipinski definition) is 4. The minimum atomic E-state index is -0.694. The van der Waals surface area contributed by atoms with Crippen LogP contribution in [0.4, 0.5) is 0 Å². The number of aromatic nitrogens is 2. The lowest BCUT2D eigenvalue weighted by Crippen LogP contribution is -2.30. The van der Waals surface area contributed by atoms with Crippen LogP contribution in [-0.2, 0) is 4.79 Å². The van der Waals surface area contributed by atoms with E-state index < -0.39 is 17.3 Å². The molecule has 70 valence electrons. The molecule has 0 aliphatic carbocycles. The van der Waals surface area contributed by atoms with Crippen molar-refractivity contribution in [2.75, 3.05) is 7.05 Å². The van der Waals surface area contributed by atoms with Crippen LogP contribution in [0.5, 0.6) is 0 Å². The summed E-state index contributed by atoms with van der Waals surface area (Å²) < 4.78 is 0. The molecule has 0 amide bonds. The lowest BCUT2D eigenvalue weighted by Gasteiger charge is -2.05. The third-order valence-electron chi connectivity index (χ3n) is 1.63. The molecule has 1 rings (SSSR count). The van der Waals surface area contributed by atoms with Crippen LogP contribution in [0.2, 0.25) is 0 Å². The maximum absolute atomic E-state index is 11.1. The van der Waals surface area contributed by atoms with Crippen molar-refractivity contribution < 1.29 is 4.79 Å². The highest BCUT2D eigenvalue weighted by Crippen LogP contribution is 1.99. The van der Waals surface area contributed by atoms with Gasteiger partial charge >= 0.3 is 5.69 Å². The van der Waals surface area contributed by atoms with Gasteiger partial charge in [-0.2, -0.15) is 0 Å². The van der Waals surface area contributed by atoms with Crippen molar-refractivity contribution in [2.45, 2.75) is 6.04 Å². The van der Waals surface area contributed by atoms with E-state index in [9.17, 15) is 14.4 Å². The summed E-state index contributed by atoms with van der Waals surface area (Å²) in [4.78, 5) is 36.5. The van der Waals surface area contributed by atoms with Crippen LogP contribution >= 0.6 is 0 Å². The van der Waals surface area contributed by atoms with Gasteiger partial charge in [0.15, 0.2) is 0 Å². The van der Waals surface area contributed by atoms with E-state index in [1.54, 1.807) is 7.05 Å². The van der Waals surface area contributed by atoms with Crippen LogP contribution in [0.3, 0.4) is 0 Å². The molecule has 1 heterocycles. The SMILES string of the molecule is CNC(C=O)c1c[nH]c(=O)[nH]c1=O. The smallest absolute Gasteiger partial charge is 0.314 e. The minimum absolute atomic E-state index is 0.192. The number of aldehydes is 1. The Morgan fingerprint density at radius 2 is 2.23 bits per heavy atom. The van der Waals surface area contributed by atoms with E-state index in [0.29, 0.717) is 6.29 Å². The molecule has 3 N–H and O–H groups in total. The summed E-state index contributed by atoms with van der Waals surface area (Å²) in [6.45, 7) is 0. The summed E-state index contributed by atoms with van der Waals surface area (Å²) in [7, 11) is 1.55. The molecule has 0 fully saturated rings. The van der Waals surface area contributed by atoms with E-state index in [1.165, 1.54) is 6.20 Å². The van der Waals surface area contributed by atoms with E-state index in [1.807, 2.05) is 4.98 Å². The molecule has 0 aliphatic heterocycles. The normalized spacial score (nSPS) is 12.4. The third-order valence-corrected chi connectivity index (χ3v) is 1.63. The monoisotopic (exact) mass is 183 g/mol. The molecule has 0 saturated heterocycles. The second-order valence-electron chi connectivity index (χ2n) is 2.43. The largest absolute Gasteiger partial charge is 0.325 e. The second-order valence-corrected chi connectivity index (χ2v) is 2.43. The Kier molecular flexibility index (Phi) is 2.76. The number of carbonyl (C=O) groups is 1. The molecule has 0 aromatic carbocycles. The van der Waals surface area contributed by atoms with Gasteiger partial charge in [0.2, 0.25) is 0 Å². The van der Waals surface area contributed by atoms with Crippen LogP contribution in [-0.4, -0.2) is 23.3 Å². The van der Waals surface area contributed by atoms with Gasteiger partial charge in [-0.1, -0.05) is 0 Å². The standard InChI is InChI=1S/C7H9N3O3/c1-8-5(3-11)4-2-9-7(13)10-6(4)12/h2-3,5,8H,1H3,(H2,9,10,12,13). The Balaban J connectivity index is 3.22. The van der Waals surface area contributed by atoms with E-state index in [2.05, 4.69) is 10.3 Å². The average Bonchev–Trinajstić information content (AvgIpc) is 2.10. The Morgan fingerprint density at radius 1 is 1.54 bits per heavy atom. The van der Waals surface area contributed by atoms with Crippen LogP contribution < -0.4 is 16.6 Å². The molecule has 13 heavy (non-hydrogen) atoms. The fourth-order valence-electron chi connectivity index (χ4n) is 0.948. The van der Waals surface area contributed by atoms with Gasteiger partial charge in [0.25, 0.3) is 5.56 Å². The number of rotatable bonds is 3. The zero-order chi connectivity index (χ0) is 9.84. The Hall–Kier alpha value is -1.69. The quantitative estimate of drug-likeness (QED) is 0.498. The predicted molar refractivity (Wildman–Crippen MR) is 45.5 cm³/mol. The zero-order valence-corrected chi connectivity index (χ0v) is 6.96. The molecule has 6 heteroatoms. The topological polar surface area (TPSA) is 94.8 Å². The average molecular weight is 183 g/mol. The minimum Gasteiger partial charge on any atom is -0.314 e. The maximum atomic E-state index is 11.1. The predicted octanol–water partition coefficient (Wildman–Crippen LogP) is -1.48. The molecule has 1 unspecified atom stereocenters. The molecule has 0 aliphatic rings. The number of likely N-dealkylation sites (N-methyl/N-ethyl adjacent to an activating group) is 1. The first kappa shape index (κ1) is 9.40. The molecule has 0 spiro atoms. The summed E-state index contributed by atoms with van der Waals surface area (Å²) in [5, 5.41) is 2.62. The van der Waals surface area contributed by atoms with Crippen molar-refractivity contribution in [3.63, 3.8) is 0 Å². The highest BCUT2D eigenvalue weighted by Gasteiger charge is 2.11. The second kappa shape index (κ2) is 3.81. The van der Waals surface area contributed by atoms with Gasteiger partial charge in [-0.3, -0.25) is 9.78 Å². The molecule has 1 atom stereocenters. The molecule has 0 bridgehead atoms. The number of H-pyrrole nitrogens is 2. The number of nitrogens with one attached hydrogen (secondary N) is 3. The summed E-state index contributed by atoms with van der Waals surface area (Å²) in [5.41, 5.74) is -0.957. The highest BCUT2D eigenvalue weighted by atomic mass is 16.2. The third kappa shape index (κ3) is 1.91. The molecule has 1 aromatic heterocycles. The van der Waals surface area contributed by atoms with Crippen LogP contribution in [0.1, 0.15) is 11.6 Å². The van der Waals surface area contributed by atoms with Gasteiger partial charge < -0.3 is 15.1 Å². The molecule has 6 nitrogen and oxygen atoms in total. The van der Waals surface area contributed by atoms with Crippen molar-refractivity contribution in [3.05, 3.63) is 32.6 Å². The van der Waals surface area contributed by atoms with Gasteiger partial charge in [-0.05, 0) is 7.05 Å². The molecule has 0 saturated carbocycles. The van der Waals surface area contributed by atoms with Gasteiger partial charge in [0.05, 0.1) is 11.6 Å². The molecule has 1 aromatic rings. The van der Waals surface area contributed by atoms with E-state index in [0.717, 1.165) is 0 Å². The first-order valence-corrected chi connectivity index (χ1v) is 3.63. The van der Waals surface area contributed by atoms with Crippen LogP contribution in [0, 0.1) is 0 Å². The van der Waals surface area contributed by atoms with Crippen molar-refractivity contribution in [2.24, 2.45) is 0 Å². The van der Waals surface area contributed by atoms with Gasteiger partial charge in [-0.15, -0.1) is 0 Å². The number of aromatic amines is 2. The van der Waals surface area contributed by atoms with Crippen LogP contribution in [0.15, 0.2) is 15.8 Å². The lowest BCUT2D eigenvalue weighted by molar-refractivity contribution is -0.109. The first-order valence-electron chi connectivity index (χ1n) is 3.63. The molecular formula is C7H9N3O3. The summed E-state index contributed by atoms with van der Waals surface area (Å²) in [6.07, 6.45) is 1.81. The number of carbonyl (C=O) groups excluding carboxylic acids is 1. The van der Waals surface area contributed by atoms with Crippen molar-refractivity contribution >= 4 is 6.29 Å². The highest BCUT2D eigenvalue weighted by molar-refractivity contribution is 5.60. The summed E-state index contributed by atoms with van der Waals surface area (Å²) >= 11 is 0. The molecular weight excluding hydrogens is 174 g/mol. The van der Waals surface area contributed by atoms with Crippen LogP contribution in [0.25, 0.3) is 0 Å².